The van der Waals surface area contributed by atoms with Gasteiger partial charge in [-0.3, -0.25) is 14.9 Å². The van der Waals surface area contributed by atoms with E-state index in [-0.39, 0.29) is 11.8 Å². The number of rotatable bonds is 4. The van der Waals surface area contributed by atoms with E-state index in [9.17, 15) is 9.59 Å². The lowest BCUT2D eigenvalue weighted by atomic mass is 10.1. The number of hydrogen-bond acceptors (Lipinski definition) is 7. The van der Waals surface area contributed by atoms with Crippen molar-refractivity contribution in [1.29, 1.82) is 0 Å². The molecular formula is C18H10ClN3O2S4. The lowest BCUT2D eigenvalue weighted by molar-refractivity contribution is -0.115. The van der Waals surface area contributed by atoms with E-state index in [2.05, 4.69) is 15.6 Å². The average Bonchev–Trinajstić information content (AvgIpc) is 3.37. The number of thiocarbonyl (C=S) groups is 1. The minimum atomic E-state index is -0.251. The smallest absolute Gasteiger partial charge is 0.263 e. The van der Waals surface area contributed by atoms with Gasteiger partial charge in [0.15, 0.2) is 5.13 Å². The molecule has 140 valence electrons. The number of carbonyl (C=O) groups is 2. The van der Waals surface area contributed by atoms with Crippen molar-refractivity contribution in [3.8, 4) is 10.6 Å². The summed E-state index contributed by atoms with van der Waals surface area (Å²) in [5, 5.41) is 7.76. The van der Waals surface area contributed by atoms with E-state index in [0.717, 1.165) is 16.1 Å². The monoisotopic (exact) mass is 463 g/mol. The fourth-order valence-corrected chi connectivity index (χ4v) is 5.20. The van der Waals surface area contributed by atoms with Crippen LogP contribution in [-0.2, 0) is 4.79 Å². The van der Waals surface area contributed by atoms with Crippen molar-refractivity contribution in [3.05, 3.63) is 62.1 Å². The molecule has 5 nitrogen and oxygen atoms in total. The number of aromatic nitrogens is 1. The molecule has 3 heterocycles. The van der Waals surface area contributed by atoms with Crippen LogP contribution in [0.3, 0.4) is 0 Å². The van der Waals surface area contributed by atoms with Crippen LogP contribution in [0.25, 0.3) is 16.6 Å². The van der Waals surface area contributed by atoms with Gasteiger partial charge in [-0.15, -0.1) is 22.7 Å². The van der Waals surface area contributed by atoms with Gasteiger partial charge in [-0.1, -0.05) is 47.7 Å². The highest BCUT2D eigenvalue weighted by Crippen LogP contribution is 2.33. The van der Waals surface area contributed by atoms with E-state index in [1.54, 1.807) is 30.3 Å². The molecule has 0 saturated carbocycles. The number of nitrogens with zero attached hydrogens (tertiary/aromatic N) is 1. The van der Waals surface area contributed by atoms with Gasteiger partial charge in [-0.05, 0) is 35.9 Å². The maximum Gasteiger partial charge on any atom is 0.263 e. The number of thiazole rings is 1. The summed E-state index contributed by atoms with van der Waals surface area (Å²) < 4.78 is 1.14. The van der Waals surface area contributed by atoms with Crippen LogP contribution < -0.4 is 10.6 Å². The highest BCUT2D eigenvalue weighted by atomic mass is 35.5. The Hall–Kier alpha value is -2.04. The van der Waals surface area contributed by atoms with Gasteiger partial charge in [-0.2, -0.15) is 0 Å². The number of thiophene rings is 1. The molecule has 3 aromatic rings. The maximum atomic E-state index is 12.5. The quantitative estimate of drug-likeness (QED) is 0.407. The Morgan fingerprint density at radius 2 is 2.00 bits per heavy atom. The number of hydrogen-bond donors (Lipinski definition) is 2. The Bertz CT molecular complexity index is 1120. The third-order valence-corrected chi connectivity index (χ3v) is 6.84. The summed E-state index contributed by atoms with van der Waals surface area (Å²) >= 11 is 14.9. The van der Waals surface area contributed by atoms with Gasteiger partial charge in [0.25, 0.3) is 11.8 Å². The highest BCUT2D eigenvalue weighted by molar-refractivity contribution is 8.26. The second-order valence-electron chi connectivity index (χ2n) is 5.57. The number of amides is 2. The first-order valence-electron chi connectivity index (χ1n) is 7.85. The van der Waals surface area contributed by atoms with Gasteiger partial charge in [0.1, 0.15) is 4.32 Å². The minimum Gasteiger partial charge on any atom is -0.307 e. The van der Waals surface area contributed by atoms with Crippen LogP contribution >= 0.6 is 58.3 Å². The number of halogens is 1. The molecule has 2 amide bonds. The second-order valence-corrected chi connectivity index (χ2v) is 9.86. The van der Waals surface area contributed by atoms with Crippen molar-refractivity contribution >= 4 is 85.6 Å². The number of benzene rings is 1. The first kappa shape index (κ1) is 19.3. The normalized spacial score (nSPS) is 15.1. The van der Waals surface area contributed by atoms with Crippen molar-refractivity contribution in [2.24, 2.45) is 0 Å². The molecule has 1 fully saturated rings. The number of thioether (sulfide) groups is 1. The predicted octanol–water partition coefficient (Wildman–Crippen LogP) is 5.27. The maximum absolute atomic E-state index is 12.5. The SMILES string of the molecule is O=C1NC(=S)S/C1=C\c1ccc(C(=O)Nc2nc(-c3ccc(Cl)s3)cs2)cc1. The number of carbonyl (C=O) groups excluding carboxylic acids is 2. The molecule has 1 saturated heterocycles. The Labute approximate surface area is 182 Å². The molecule has 0 atom stereocenters. The van der Waals surface area contributed by atoms with Crippen LogP contribution in [0, 0.1) is 0 Å². The average molecular weight is 464 g/mol. The van der Waals surface area contributed by atoms with Gasteiger partial charge < -0.3 is 5.32 Å². The third kappa shape index (κ3) is 4.34. The molecule has 0 radical (unpaired) electrons. The second kappa shape index (κ2) is 8.14. The van der Waals surface area contributed by atoms with Crippen molar-refractivity contribution in [2.75, 3.05) is 5.32 Å². The first-order valence-corrected chi connectivity index (χ1v) is 11.2. The third-order valence-electron chi connectivity index (χ3n) is 3.66. The fourth-order valence-electron chi connectivity index (χ4n) is 2.37. The lowest BCUT2D eigenvalue weighted by Gasteiger charge is -2.02. The van der Waals surface area contributed by atoms with Crippen LogP contribution in [0.1, 0.15) is 15.9 Å². The van der Waals surface area contributed by atoms with E-state index in [1.165, 1.54) is 34.4 Å². The molecule has 4 rings (SSSR count). The van der Waals surface area contributed by atoms with Gasteiger partial charge >= 0.3 is 0 Å². The summed E-state index contributed by atoms with van der Waals surface area (Å²) in [5.74, 6) is -0.457. The standard InChI is InChI=1S/C18H10ClN3O2S4/c19-14-6-5-12(27-14)11-8-26-17(20-11)21-15(23)10-3-1-9(2-4-10)7-13-16(24)22-18(25)28-13/h1-8H,(H,20,21,23)(H,22,24,25)/b13-7-. The van der Waals surface area contributed by atoms with E-state index < -0.39 is 0 Å². The zero-order valence-corrected chi connectivity index (χ0v) is 17.9. The molecule has 1 aliphatic heterocycles. The summed E-state index contributed by atoms with van der Waals surface area (Å²) in [7, 11) is 0. The molecule has 0 aliphatic carbocycles. The molecule has 0 unspecified atom stereocenters. The van der Waals surface area contributed by atoms with Gasteiger partial charge in [-0.25, -0.2) is 4.98 Å². The summed E-state index contributed by atoms with van der Waals surface area (Å²) in [6.07, 6.45) is 1.74. The van der Waals surface area contributed by atoms with Crippen LogP contribution in [0.2, 0.25) is 4.34 Å². The van der Waals surface area contributed by atoms with Crippen molar-refractivity contribution in [1.82, 2.24) is 10.3 Å². The van der Waals surface area contributed by atoms with Crippen molar-refractivity contribution in [3.63, 3.8) is 0 Å². The van der Waals surface area contributed by atoms with Crippen LogP contribution in [0.5, 0.6) is 0 Å². The Morgan fingerprint density at radius 1 is 1.21 bits per heavy atom. The zero-order valence-electron chi connectivity index (χ0n) is 13.9. The molecule has 0 spiro atoms. The van der Waals surface area contributed by atoms with E-state index in [1.807, 2.05) is 17.5 Å². The van der Waals surface area contributed by atoms with Gasteiger partial charge in [0, 0.05) is 10.9 Å². The predicted molar refractivity (Wildman–Crippen MR) is 121 cm³/mol. The fraction of sp³-hybridized carbons (Fsp3) is 0. The number of anilines is 1. The summed E-state index contributed by atoms with van der Waals surface area (Å²) in [4.78, 5) is 30.1. The molecule has 1 aromatic carbocycles. The minimum absolute atomic E-state index is 0.205. The van der Waals surface area contributed by atoms with Crippen molar-refractivity contribution in [2.45, 2.75) is 0 Å². The topological polar surface area (TPSA) is 71.1 Å². The molecule has 2 aromatic heterocycles. The van der Waals surface area contributed by atoms with Crippen molar-refractivity contribution < 1.29 is 9.59 Å². The lowest BCUT2D eigenvalue weighted by Crippen LogP contribution is -2.17. The molecule has 0 bridgehead atoms. The van der Waals surface area contributed by atoms with Gasteiger partial charge in [0.05, 0.1) is 19.8 Å². The first-order chi connectivity index (χ1) is 13.5. The molecule has 1 aliphatic rings. The van der Waals surface area contributed by atoms with Crippen LogP contribution in [-0.4, -0.2) is 21.1 Å². The Kier molecular flexibility index (Phi) is 5.61. The zero-order chi connectivity index (χ0) is 19.7. The van der Waals surface area contributed by atoms with Crippen LogP contribution in [0.15, 0.2) is 46.7 Å². The summed E-state index contributed by atoms with van der Waals surface area (Å²) in [6.45, 7) is 0. The highest BCUT2D eigenvalue weighted by Gasteiger charge is 2.21. The summed E-state index contributed by atoms with van der Waals surface area (Å²) in [5.41, 5.74) is 2.09. The number of nitrogens with one attached hydrogen (secondary N) is 2. The largest absolute Gasteiger partial charge is 0.307 e. The van der Waals surface area contributed by atoms with Crippen LogP contribution in [0.4, 0.5) is 5.13 Å². The van der Waals surface area contributed by atoms with E-state index >= 15 is 0 Å². The molecule has 10 heteroatoms. The van der Waals surface area contributed by atoms with Gasteiger partial charge in [0.2, 0.25) is 0 Å². The Morgan fingerprint density at radius 3 is 2.64 bits per heavy atom. The molecular weight excluding hydrogens is 454 g/mol. The van der Waals surface area contributed by atoms with E-state index in [0.29, 0.717) is 24.3 Å². The molecule has 2 N–H and O–H groups in total. The van der Waals surface area contributed by atoms with E-state index in [4.69, 9.17) is 23.8 Å². The summed E-state index contributed by atoms with van der Waals surface area (Å²) in [6, 6.07) is 10.7. The Balaban J connectivity index is 1.44. The molecule has 28 heavy (non-hydrogen) atoms.